The summed E-state index contributed by atoms with van der Waals surface area (Å²) in [7, 11) is 0. The fraction of sp³-hybridized carbons (Fsp3) is 0.500. The van der Waals surface area contributed by atoms with Crippen molar-refractivity contribution in [1.29, 1.82) is 0 Å². The van der Waals surface area contributed by atoms with Crippen LogP contribution in [-0.4, -0.2) is 30.2 Å². The first-order chi connectivity index (χ1) is 8.76. The van der Waals surface area contributed by atoms with Gasteiger partial charge in [0, 0.05) is 11.4 Å². The topological polar surface area (TPSA) is 32.3 Å². The van der Waals surface area contributed by atoms with E-state index in [1.807, 2.05) is 4.90 Å². The van der Waals surface area contributed by atoms with Gasteiger partial charge < -0.3 is 4.90 Å². The molecule has 1 aliphatic rings. The molecular weight excluding hydrogens is 244 g/mol. The van der Waals surface area contributed by atoms with Crippen molar-refractivity contribution in [3.05, 3.63) is 29.8 Å². The van der Waals surface area contributed by atoms with E-state index in [0.29, 0.717) is 6.54 Å². The van der Waals surface area contributed by atoms with E-state index in [2.05, 4.69) is 42.8 Å². The smallest absolute Gasteiger partial charge is 0.238 e. The van der Waals surface area contributed by atoms with Crippen molar-refractivity contribution >= 4 is 17.7 Å². The van der Waals surface area contributed by atoms with Crippen LogP contribution < -0.4 is 5.32 Å². The third kappa shape index (κ3) is 2.87. The van der Waals surface area contributed by atoms with Crippen molar-refractivity contribution in [2.24, 2.45) is 0 Å². The van der Waals surface area contributed by atoms with E-state index in [1.165, 1.54) is 10.5 Å². The minimum absolute atomic E-state index is 0.0555. The molecule has 18 heavy (non-hydrogen) atoms. The number of carbonyl (C=O) groups excluding carboxylic acids is 1. The van der Waals surface area contributed by atoms with Crippen LogP contribution in [0.4, 0.5) is 0 Å². The molecule has 1 saturated heterocycles. The van der Waals surface area contributed by atoms with Crippen molar-refractivity contribution in [3.63, 3.8) is 0 Å². The SMILES string of the molecule is CCCCN1C(=O)CNC1c1ccc(SC)cc1. The predicted molar refractivity (Wildman–Crippen MR) is 75.6 cm³/mol. The minimum Gasteiger partial charge on any atom is -0.322 e. The molecule has 2 rings (SSSR count). The van der Waals surface area contributed by atoms with E-state index in [4.69, 9.17) is 0 Å². The molecule has 1 fully saturated rings. The van der Waals surface area contributed by atoms with Crippen molar-refractivity contribution in [3.8, 4) is 0 Å². The summed E-state index contributed by atoms with van der Waals surface area (Å²) in [5.41, 5.74) is 1.18. The number of nitrogens with one attached hydrogen (secondary N) is 1. The fourth-order valence-electron chi connectivity index (χ4n) is 2.21. The van der Waals surface area contributed by atoms with Crippen LogP contribution in [0, 0.1) is 0 Å². The van der Waals surface area contributed by atoms with E-state index in [9.17, 15) is 4.79 Å². The molecule has 1 amide bonds. The third-order valence-corrected chi connectivity index (χ3v) is 4.01. The molecule has 1 heterocycles. The van der Waals surface area contributed by atoms with E-state index < -0.39 is 0 Å². The molecule has 0 saturated carbocycles. The predicted octanol–water partition coefficient (Wildman–Crippen LogP) is 2.64. The maximum atomic E-state index is 11.8. The Morgan fingerprint density at radius 2 is 2.11 bits per heavy atom. The summed E-state index contributed by atoms with van der Waals surface area (Å²) in [6.45, 7) is 3.45. The Kier molecular flexibility index (Phi) is 4.66. The molecule has 1 atom stereocenters. The number of unbranched alkanes of at least 4 members (excludes halogenated alkanes) is 1. The number of benzene rings is 1. The molecular formula is C14H20N2OS. The second kappa shape index (κ2) is 6.25. The largest absolute Gasteiger partial charge is 0.322 e. The Labute approximate surface area is 113 Å². The van der Waals surface area contributed by atoms with E-state index >= 15 is 0 Å². The van der Waals surface area contributed by atoms with Crippen LogP contribution in [0.2, 0.25) is 0 Å². The number of nitrogens with zero attached hydrogens (tertiary/aromatic N) is 1. The van der Waals surface area contributed by atoms with E-state index in [-0.39, 0.29) is 12.1 Å². The lowest BCUT2D eigenvalue weighted by Crippen LogP contribution is -2.31. The van der Waals surface area contributed by atoms with Crippen molar-refractivity contribution in [1.82, 2.24) is 10.2 Å². The standard InChI is InChI=1S/C14H20N2OS/c1-3-4-9-16-13(17)10-15-14(16)11-5-7-12(18-2)8-6-11/h5-8,14-15H,3-4,9-10H2,1-2H3. The molecule has 1 aliphatic heterocycles. The molecule has 98 valence electrons. The maximum Gasteiger partial charge on any atom is 0.238 e. The first-order valence-corrected chi connectivity index (χ1v) is 7.65. The highest BCUT2D eigenvalue weighted by Crippen LogP contribution is 2.25. The lowest BCUT2D eigenvalue weighted by molar-refractivity contribution is -0.128. The van der Waals surface area contributed by atoms with Crippen LogP contribution in [0.3, 0.4) is 0 Å². The van der Waals surface area contributed by atoms with Gasteiger partial charge in [0.25, 0.3) is 0 Å². The minimum atomic E-state index is 0.0555. The molecule has 0 aromatic heterocycles. The van der Waals surface area contributed by atoms with Gasteiger partial charge in [0.1, 0.15) is 6.17 Å². The second-order valence-corrected chi connectivity index (χ2v) is 5.38. The lowest BCUT2D eigenvalue weighted by atomic mass is 10.1. The lowest BCUT2D eigenvalue weighted by Gasteiger charge is -2.24. The summed E-state index contributed by atoms with van der Waals surface area (Å²) in [5.74, 6) is 0.211. The van der Waals surface area contributed by atoms with E-state index in [0.717, 1.165) is 19.4 Å². The summed E-state index contributed by atoms with van der Waals surface area (Å²) in [6.07, 6.45) is 4.30. The van der Waals surface area contributed by atoms with Gasteiger partial charge in [0.2, 0.25) is 5.91 Å². The number of rotatable bonds is 5. The average Bonchev–Trinajstić information content (AvgIpc) is 2.78. The van der Waals surface area contributed by atoms with Gasteiger partial charge in [0.15, 0.2) is 0 Å². The normalized spacial score (nSPS) is 19.6. The molecule has 0 spiro atoms. The van der Waals surface area contributed by atoms with Gasteiger partial charge in [-0.15, -0.1) is 11.8 Å². The van der Waals surface area contributed by atoms with Crippen LogP contribution in [0.5, 0.6) is 0 Å². The van der Waals surface area contributed by atoms with Gasteiger partial charge in [-0.2, -0.15) is 0 Å². The molecule has 0 aliphatic carbocycles. The van der Waals surface area contributed by atoms with Gasteiger partial charge >= 0.3 is 0 Å². The molecule has 0 bridgehead atoms. The summed E-state index contributed by atoms with van der Waals surface area (Å²) < 4.78 is 0. The fourth-order valence-corrected chi connectivity index (χ4v) is 2.61. The number of hydrogen-bond acceptors (Lipinski definition) is 3. The van der Waals surface area contributed by atoms with Crippen LogP contribution in [0.1, 0.15) is 31.5 Å². The van der Waals surface area contributed by atoms with Crippen LogP contribution in [0.15, 0.2) is 29.2 Å². The van der Waals surface area contributed by atoms with Crippen molar-refractivity contribution < 1.29 is 4.79 Å². The van der Waals surface area contributed by atoms with E-state index in [1.54, 1.807) is 11.8 Å². The molecule has 3 nitrogen and oxygen atoms in total. The molecule has 1 N–H and O–H groups in total. The monoisotopic (exact) mass is 264 g/mol. The summed E-state index contributed by atoms with van der Waals surface area (Å²) in [4.78, 5) is 15.1. The number of amides is 1. The zero-order valence-electron chi connectivity index (χ0n) is 11.0. The highest BCUT2D eigenvalue weighted by Gasteiger charge is 2.30. The highest BCUT2D eigenvalue weighted by molar-refractivity contribution is 7.98. The second-order valence-electron chi connectivity index (χ2n) is 4.50. The number of hydrogen-bond donors (Lipinski definition) is 1. The molecule has 4 heteroatoms. The average molecular weight is 264 g/mol. The van der Waals surface area contributed by atoms with Crippen LogP contribution in [-0.2, 0) is 4.79 Å². The zero-order valence-corrected chi connectivity index (χ0v) is 11.8. The van der Waals surface area contributed by atoms with Crippen LogP contribution >= 0.6 is 11.8 Å². The summed E-state index contributed by atoms with van der Waals surface area (Å²) in [6, 6.07) is 8.45. The Morgan fingerprint density at radius 1 is 1.39 bits per heavy atom. The Bertz CT molecular complexity index is 405. The first kappa shape index (κ1) is 13.4. The molecule has 1 aromatic rings. The number of carbonyl (C=O) groups is 1. The zero-order chi connectivity index (χ0) is 13.0. The third-order valence-electron chi connectivity index (χ3n) is 3.26. The van der Waals surface area contributed by atoms with Gasteiger partial charge in [0.05, 0.1) is 6.54 Å². The van der Waals surface area contributed by atoms with Gasteiger partial charge in [-0.3, -0.25) is 10.1 Å². The first-order valence-electron chi connectivity index (χ1n) is 6.43. The quantitative estimate of drug-likeness (QED) is 0.830. The maximum absolute atomic E-state index is 11.8. The molecule has 0 radical (unpaired) electrons. The molecule has 1 aromatic carbocycles. The van der Waals surface area contributed by atoms with Gasteiger partial charge in [-0.05, 0) is 30.4 Å². The summed E-state index contributed by atoms with van der Waals surface area (Å²) >= 11 is 1.73. The Hall–Kier alpha value is -1.00. The highest BCUT2D eigenvalue weighted by atomic mass is 32.2. The summed E-state index contributed by atoms with van der Waals surface area (Å²) in [5, 5.41) is 3.29. The van der Waals surface area contributed by atoms with Crippen molar-refractivity contribution in [2.45, 2.75) is 30.8 Å². The Balaban J connectivity index is 2.12. The number of thioether (sulfide) groups is 1. The Morgan fingerprint density at radius 3 is 2.72 bits per heavy atom. The van der Waals surface area contributed by atoms with Gasteiger partial charge in [-0.1, -0.05) is 25.5 Å². The van der Waals surface area contributed by atoms with Crippen LogP contribution in [0.25, 0.3) is 0 Å². The molecule has 1 unspecified atom stereocenters. The van der Waals surface area contributed by atoms with Crippen molar-refractivity contribution in [2.75, 3.05) is 19.3 Å². The van der Waals surface area contributed by atoms with Gasteiger partial charge in [-0.25, -0.2) is 0 Å².